The Hall–Kier alpha value is -1.13. The second-order valence-electron chi connectivity index (χ2n) is 19.0. The summed E-state index contributed by atoms with van der Waals surface area (Å²) >= 11 is 0. The first-order valence-electron chi connectivity index (χ1n) is 27.6. The predicted molar refractivity (Wildman–Crippen MR) is 267 cm³/mol. The Balaban J connectivity index is 3.44. The van der Waals surface area contributed by atoms with E-state index in [9.17, 15) is 15.0 Å². The van der Waals surface area contributed by atoms with Crippen LogP contribution in [0.25, 0.3) is 0 Å². The zero-order valence-corrected chi connectivity index (χ0v) is 41.0. The Labute approximate surface area is 377 Å². The van der Waals surface area contributed by atoms with Crippen LogP contribution in [0.3, 0.4) is 0 Å². The predicted octanol–water partition coefficient (Wildman–Crippen LogP) is 17.9. The SMILES string of the molecule is CCCCCCCCCCCCCC/C=C\CCCCCCCCCCCCCCCCCC(=O)NC(CO)C(O)/C=C/CCCCCCCCCCCCCCCCC. The van der Waals surface area contributed by atoms with E-state index in [1.165, 1.54) is 263 Å². The van der Waals surface area contributed by atoms with Gasteiger partial charge in [0.25, 0.3) is 0 Å². The lowest BCUT2D eigenvalue weighted by molar-refractivity contribution is -0.123. The molecule has 0 saturated heterocycles. The molecule has 3 N–H and O–H groups in total. The van der Waals surface area contributed by atoms with Gasteiger partial charge in [0.1, 0.15) is 0 Å². The normalized spacial score (nSPS) is 12.9. The molecule has 0 aliphatic heterocycles. The maximum absolute atomic E-state index is 12.5. The number of rotatable bonds is 51. The fraction of sp³-hybridized carbons (Fsp3) is 0.911. The summed E-state index contributed by atoms with van der Waals surface area (Å²) in [6, 6.07) is -0.620. The zero-order valence-electron chi connectivity index (χ0n) is 41.0. The summed E-state index contributed by atoms with van der Waals surface area (Å²) in [5.74, 6) is -0.0588. The van der Waals surface area contributed by atoms with Crippen molar-refractivity contribution in [2.24, 2.45) is 0 Å². The topological polar surface area (TPSA) is 69.6 Å². The molecule has 0 fully saturated rings. The number of hydrogen-bond donors (Lipinski definition) is 3. The number of amides is 1. The molecule has 0 bridgehead atoms. The summed E-state index contributed by atoms with van der Waals surface area (Å²) in [5, 5.41) is 23.1. The standard InChI is InChI=1S/C56H109NO3/c1-3-5-7-9-11-13-15-17-19-21-22-23-24-25-26-27-28-29-30-31-32-33-34-36-38-40-42-44-46-48-50-52-56(60)57-54(53-58)55(59)51-49-47-45-43-41-39-37-35-20-18-16-14-12-10-8-6-4-2/h25-26,49,51,54-55,58-59H,3-24,27-48,50,52-53H2,1-2H3,(H,57,60)/b26-25-,51-49+. The van der Waals surface area contributed by atoms with Crippen LogP contribution in [0, 0.1) is 0 Å². The minimum absolute atomic E-state index is 0.0588. The van der Waals surface area contributed by atoms with Gasteiger partial charge in [-0.05, 0) is 44.9 Å². The third-order valence-electron chi connectivity index (χ3n) is 12.9. The Morgan fingerprint density at radius 3 is 0.917 bits per heavy atom. The molecule has 0 aromatic carbocycles. The highest BCUT2D eigenvalue weighted by Gasteiger charge is 2.18. The second kappa shape index (κ2) is 52.2. The van der Waals surface area contributed by atoms with Crippen LogP contribution in [0.4, 0.5) is 0 Å². The van der Waals surface area contributed by atoms with Crippen molar-refractivity contribution in [3.63, 3.8) is 0 Å². The van der Waals surface area contributed by atoms with Crippen LogP contribution in [-0.2, 0) is 4.79 Å². The highest BCUT2D eigenvalue weighted by atomic mass is 16.3. The van der Waals surface area contributed by atoms with Gasteiger partial charge >= 0.3 is 0 Å². The molecule has 0 rings (SSSR count). The lowest BCUT2D eigenvalue weighted by Crippen LogP contribution is -2.45. The summed E-state index contributed by atoms with van der Waals surface area (Å²) in [6.45, 7) is 4.34. The van der Waals surface area contributed by atoms with E-state index in [2.05, 4.69) is 31.3 Å². The van der Waals surface area contributed by atoms with Crippen LogP contribution in [0.1, 0.15) is 309 Å². The molecule has 4 nitrogen and oxygen atoms in total. The smallest absolute Gasteiger partial charge is 0.220 e. The first-order chi connectivity index (χ1) is 29.7. The number of nitrogens with one attached hydrogen (secondary N) is 1. The van der Waals surface area contributed by atoms with Crippen LogP contribution in [-0.4, -0.2) is 34.9 Å². The van der Waals surface area contributed by atoms with Gasteiger partial charge in [0, 0.05) is 6.42 Å². The molecule has 0 radical (unpaired) electrons. The molecule has 356 valence electrons. The van der Waals surface area contributed by atoms with Crippen LogP contribution < -0.4 is 5.32 Å². The van der Waals surface area contributed by atoms with Crippen molar-refractivity contribution in [3.8, 4) is 0 Å². The van der Waals surface area contributed by atoms with Gasteiger partial charge in [-0.15, -0.1) is 0 Å². The molecule has 4 heteroatoms. The Bertz CT molecular complexity index is 871. The number of aliphatic hydroxyl groups is 2. The lowest BCUT2D eigenvalue weighted by atomic mass is 10.0. The molecule has 60 heavy (non-hydrogen) atoms. The summed E-state index contributed by atoms with van der Waals surface area (Å²) in [4.78, 5) is 12.5. The van der Waals surface area contributed by atoms with E-state index in [0.717, 1.165) is 25.7 Å². The molecule has 0 aromatic rings. The molecule has 1 amide bonds. The minimum atomic E-state index is -0.837. The van der Waals surface area contributed by atoms with Crippen LogP contribution in [0.5, 0.6) is 0 Å². The van der Waals surface area contributed by atoms with E-state index in [4.69, 9.17) is 0 Å². The quantitative estimate of drug-likeness (QED) is 0.0422. The van der Waals surface area contributed by atoms with Gasteiger partial charge in [-0.3, -0.25) is 4.79 Å². The average Bonchev–Trinajstić information content (AvgIpc) is 3.25. The summed E-state index contributed by atoms with van der Waals surface area (Å²) in [7, 11) is 0. The molecule has 0 aromatic heterocycles. The molecular formula is C56H109NO3. The third kappa shape index (κ3) is 47.9. The zero-order chi connectivity index (χ0) is 43.5. The van der Waals surface area contributed by atoms with Gasteiger partial charge in [0.05, 0.1) is 18.8 Å². The van der Waals surface area contributed by atoms with Crippen molar-refractivity contribution < 1.29 is 15.0 Å². The summed E-state index contributed by atoms with van der Waals surface area (Å²) in [5.41, 5.74) is 0. The van der Waals surface area contributed by atoms with Crippen molar-refractivity contribution in [3.05, 3.63) is 24.3 Å². The maximum Gasteiger partial charge on any atom is 0.220 e. The maximum atomic E-state index is 12.5. The van der Waals surface area contributed by atoms with Gasteiger partial charge in [0.15, 0.2) is 0 Å². The Morgan fingerprint density at radius 1 is 0.383 bits per heavy atom. The Morgan fingerprint density at radius 2 is 0.633 bits per heavy atom. The van der Waals surface area contributed by atoms with Gasteiger partial charge < -0.3 is 15.5 Å². The number of carbonyl (C=O) groups excluding carboxylic acids is 1. The van der Waals surface area contributed by atoms with Gasteiger partial charge in [-0.1, -0.05) is 282 Å². The first kappa shape index (κ1) is 58.9. The molecule has 0 heterocycles. The molecule has 2 unspecified atom stereocenters. The van der Waals surface area contributed by atoms with Crippen LogP contribution in [0.2, 0.25) is 0 Å². The monoisotopic (exact) mass is 844 g/mol. The third-order valence-corrected chi connectivity index (χ3v) is 12.9. The van der Waals surface area contributed by atoms with Crippen molar-refractivity contribution in [1.82, 2.24) is 5.32 Å². The van der Waals surface area contributed by atoms with Crippen LogP contribution >= 0.6 is 0 Å². The summed E-state index contributed by atoms with van der Waals surface area (Å²) in [6.07, 6.45) is 69.1. The van der Waals surface area contributed by atoms with Crippen LogP contribution in [0.15, 0.2) is 24.3 Å². The van der Waals surface area contributed by atoms with E-state index < -0.39 is 12.1 Å². The number of allylic oxidation sites excluding steroid dienone is 3. The highest BCUT2D eigenvalue weighted by Crippen LogP contribution is 2.17. The lowest BCUT2D eigenvalue weighted by Gasteiger charge is -2.20. The molecule has 0 saturated carbocycles. The van der Waals surface area contributed by atoms with Crippen molar-refractivity contribution in [2.75, 3.05) is 6.61 Å². The highest BCUT2D eigenvalue weighted by molar-refractivity contribution is 5.76. The molecule has 0 aliphatic carbocycles. The molecule has 0 aliphatic rings. The van der Waals surface area contributed by atoms with Crippen molar-refractivity contribution in [1.29, 1.82) is 0 Å². The van der Waals surface area contributed by atoms with E-state index in [1.807, 2.05) is 6.08 Å². The average molecular weight is 844 g/mol. The fourth-order valence-electron chi connectivity index (χ4n) is 8.71. The van der Waals surface area contributed by atoms with Gasteiger partial charge in [-0.25, -0.2) is 0 Å². The van der Waals surface area contributed by atoms with E-state index in [-0.39, 0.29) is 12.5 Å². The number of aliphatic hydroxyl groups excluding tert-OH is 2. The van der Waals surface area contributed by atoms with Crippen molar-refractivity contribution >= 4 is 5.91 Å². The molecular weight excluding hydrogens is 735 g/mol. The number of carbonyl (C=O) groups is 1. The molecule has 2 atom stereocenters. The molecule has 0 spiro atoms. The Kier molecular flexibility index (Phi) is 51.2. The largest absolute Gasteiger partial charge is 0.394 e. The summed E-state index contributed by atoms with van der Waals surface area (Å²) < 4.78 is 0. The first-order valence-corrected chi connectivity index (χ1v) is 27.6. The fourth-order valence-corrected chi connectivity index (χ4v) is 8.71. The van der Waals surface area contributed by atoms with E-state index in [0.29, 0.717) is 6.42 Å². The van der Waals surface area contributed by atoms with Gasteiger partial charge in [-0.2, -0.15) is 0 Å². The minimum Gasteiger partial charge on any atom is -0.394 e. The second-order valence-corrected chi connectivity index (χ2v) is 19.0. The number of unbranched alkanes of at least 4 members (excludes halogenated alkanes) is 42. The van der Waals surface area contributed by atoms with E-state index >= 15 is 0 Å². The van der Waals surface area contributed by atoms with Crippen molar-refractivity contribution in [2.45, 2.75) is 321 Å². The number of hydrogen-bond acceptors (Lipinski definition) is 3. The van der Waals surface area contributed by atoms with Gasteiger partial charge in [0.2, 0.25) is 5.91 Å². The van der Waals surface area contributed by atoms with E-state index in [1.54, 1.807) is 6.08 Å².